The fraction of sp³-hybridized carbons (Fsp3) is 0.354. The number of rotatable bonds is 9. The summed E-state index contributed by atoms with van der Waals surface area (Å²) in [7, 11) is 1.95. The molecule has 10 nitrogen and oxygen atoms in total. The van der Waals surface area contributed by atoms with Crippen molar-refractivity contribution in [1.82, 2.24) is 19.7 Å². The molecule has 5 aromatic rings. The van der Waals surface area contributed by atoms with Crippen molar-refractivity contribution in [3.63, 3.8) is 0 Å². The van der Waals surface area contributed by atoms with Gasteiger partial charge in [0.1, 0.15) is 17.6 Å². The third-order valence-electron chi connectivity index (χ3n) is 12.0. The second-order valence-electron chi connectivity index (χ2n) is 16.2. The number of nitriles is 1. The van der Waals surface area contributed by atoms with Gasteiger partial charge in [-0.1, -0.05) is 30.7 Å². The zero-order valence-electron chi connectivity index (χ0n) is 33.9. The fourth-order valence-corrected chi connectivity index (χ4v) is 8.89. The predicted molar refractivity (Wildman–Crippen MR) is 227 cm³/mol. The number of benzene rings is 4. The van der Waals surface area contributed by atoms with Gasteiger partial charge in [-0.2, -0.15) is 5.26 Å². The van der Waals surface area contributed by atoms with E-state index in [9.17, 15) is 10.4 Å². The van der Waals surface area contributed by atoms with E-state index < -0.39 is 0 Å². The highest BCUT2D eigenvalue weighted by Gasteiger charge is 2.35. The normalized spacial score (nSPS) is 16.7. The molecule has 2 amide bonds. The molecule has 1 saturated heterocycles. The highest BCUT2D eigenvalue weighted by Crippen LogP contribution is 2.38. The number of fused-ring (bicyclic) bond motifs is 2. The molecule has 2 N–H and O–H groups in total. The van der Waals surface area contributed by atoms with Gasteiger partial charge < -0.3 is 29.5 Å². The molecule has 1 fully saturated rings. The van der Waals surface area contributed by atoms with Crippen molar-refractivity contribution in [3.8, 4) is 28.8 Å². The molecule has 4 heterocycles. The minimum absolute atomic E-state index is 0.00470. The molecule has 298 valence electrons. The second kappa shape index (κ2) is 16.5. The van der Waals surface area contributed by atoms with Gasteiger partial charge in [-0.05, 0) is 149 Å². The topological polar surface area (TPSA) is 114 Å². The van der Waals surface area contributed by atoms with Crippen LogP contribution in [0.5, 0.6) is 11.5 Å². The number of ether oxygens (including phenoxy) is 1. The molecule has 0 spiro atoms. The van der Waals surface area contributed by atoms with Crippen LogP contribution < -0.4 is 15.0 Å². The molecular formula is C48H52N6O4. The lowest BCUT2D eigenvalue weighted by molar-refractivity contribution is 0.0566. The first-order valence-electron chi connectivity index (χ1n) is 20.6. The average Bonchev–Trinajstić information content (AvgIpc) is 3.53. The first kappa shape index (κ1) is 39.0. The Balaban J connectivity index is 1.22. The van der Waals surface area contributed by atoms with Gasteiger partial charge >= 0.3 is 0 Å². The van der Waals surface area contributed by atoms with E-state index in [2.05, 4.69) is 57.6 Å². The quantitative estimate of drug-likeness (QED) is 0.156. The number of carbonyl (C=O) groups excluding carboxylic acids is 2. The van der Waals surface area contributed by atoms with E-state index in [-0.39, 0.29) is 29.7 Å². The summed E-state index contributed by atoms with van der Waals surface area (Å²) < 4.78 is 7.91. The average molecular weight is 777 g/mol. The minimum atomic E-state index is -0.310. The van der Waals surface area contributed by atoms with E-state index in [1.165, 1.54) is 48.1 Å². The van der Waals surface area contributed by atoms with Crippen LogP contribution in [0.4, 0.5) is 11.4 Å². The number of aromatic hydroxyl groups is 1. The number of nitrogens with one attached hydrogen (secondary N) is 1. The summed E-state index contributed by atoms with van der Waals surface area (Å²) in [4.78, 5) is 36.5. The third-order valence-corrected chi connectivity index (χ3v) is 12.0. The highest BCUT2D eigenvalue weighted by molar-refractivity contribution is 6.12. The van der Waals surface area contributed by atoms with Crippen molar-refractivity contribution in [1.29, 1.82) is 5.26 Å². The number of hydrogen-bond acceptors (Lipinski definition) is 7. The number of piperidine rings is 1. The minimum Gasteiger partial charge on any atom is -0.508 e. The lowest BCUT2D eigenvalue weighted by atomic mass is 9.89. The van der Waals surface area contributed by atoms with Gasteiger partial charge in [0.2, 0.25) is 0 Å². The van der Waals surface area contributed by atoms with Crippen molar-refractivity contribution < 1.29 is 19.4 Å². The Morgan fingerprint density at radius 2 is 1.66 bits per heavy atom. The van der Waals surface area contributed by atoms with Crippen LogP contribution in [0.2, 0.25) is 0 Å². The maximum atomic E-state index is 15.3. The molecule has 10 heteroatoms. The molecular weight excluding hydrogens is 725 g/mol. The van der Waals surface area contributed by atoms with Crippen molar-refractivity contribution >= 4 is 23.2 Å². The smallest absolute Gasteiger partial charge is 0.264 e. The van der Waals surface area contributed by atoms with Crippen LogP contribution in [-0.4, -0.2) is 69.6 Å². The van der Waals surface area contributed by atoms with E-state index in [0.29, 0.717) is 46.9 Å². The molecule has 1 atom stereocenters. The monoisotopic (exact) mass is 776 g/mol. The van der Waals surface area contributed by atoms with Crippen molar-refractivity contribution in [3.05, 3.63) is 130 Å². The van der Waals surface area contributed by atoms with Crippen LogP contribution in [-0.2, 0) is 33.0 Å². The maximum absolute atomic E-state index is 15.3. The largest absolute Gasteiger partial charge is 0.508 e. The van der Waals surface area contributed by atoms with Gasteiger partial charge in [-0.15, -0.1) is 0 Å². The van der Waals surface area contributed by atoms with Crippen molar-refractivity contribution in [2.75, 3.05) is 31.1 Å². The predicted octanol–water partition coefficient (Wildman–Crippen LogP) is 8.04. The van der Waals surface area contributed by atoms with Gasteiger partial charge in [0.05, 0.1) is 22.9 Å². The summed E-state index contributed by atoms with van der Waals surface area (Å²) >= 11 is 0. The van der Waals surface area contributed by atoms with Gasteiger partial charge in [-0.25, -0.2) is 0 Å². The van der Waals surface area contributed by atoms with Crippen LogP contribution in [0.15, 0.2) is 84.9 Å². The number of carbonyl (C=O) groups is 2. The zero-order valence-corrected chi connectivity index (χ0v) is 33.9. The number of phenolic OH excluding ortho intramolecular Hbond substituents is 1. The van der Waals surface area contributed by atoms with Gasteiger partial charge in [0.15, 0.2) is 0 Å². The van der Waals surface area contributed by atoms with Gasteiger partial charge in [0.25, 0.3) is 11.8 Å². The summed E-state index contributed by atoms with van der Waals surface area (Å²) in [5, 5.41) is 23.8. The molecule has 3 aliphatic heterocycles. The van der Waals surface area contributed by atoms with E-state index in [1.54, 1.807) is 35.2 Å². The SMILES string of the molecule is Cc1c(C(=O)N(c2ccc(O)cc2)c2ccc(OC(C)C)c(C#N)c2)cc(-c2cc3c(cc2C(=O)N2Cc4ccccc4C[C@H]2CN2CCCCC2)CNCC3)n1C. The van der Waals surface area contributed by atoms with E-state index in [1.807, 2.05) is 38.5 Å². The number of amides is 2. The first-order chi connectivity index (χ1) is 28.1. The lowest BCUT2D eigenvalue weighted by Gasteiger charge is -2.41. The number of aromatic nitrogens is 1. The number of hydrogen-bond donors (Lipinski definition) is 2. The number of phenols is 1. The Kier molecular flexibility index (Phi) is 11.1. The van der Waals surface area contributed by atoms with E-state index in [0.717, 1.165) is 61.5 Å². The van der Waals surface area contributed by atoms with Crippen molar-refractivity contribution in [2.45, 2.75) is 78.1 Å². The summed E-state index contributed by atoms with van der Waals surface area (Å²) in [5.41, 5.74) is 9.55. The molecule has 4 aromatic carbocycles. The highest BCUT2D eigenvalue weighted by atomic mass is 16.5. The Labute approximate surface area is 341 Å². The van der Waals surface area contributed by atoms with Gasteiger partial charge in [-0.3, -0.25) is 14.5 Å². The van der Waals surface area contributed by atoms with Crippen LogP contribution in [0.25, 0.3) is 11.3 Å². The lowest BCUT2D eigenvalue weighted by Crippen LogP contribution is -2.51. The summed E-state index contributed by atoms with van der Waals surface area (Å²) in [6.45, 7) is 10.8. The zero-order chi connectivity index (χ0) is 40.5. The van der Waals surface area contributed by atoms with E-state index >= 15 is 9.59 Å². The summed E-state index contributed by atoms with van der Waals surface area (Å²) in [5.74, 6) is 0.205. The molecule has 1 aromatic heterocycles. The Hall–Kier alpha value is -5.89. The number of likely N-dealkylation sites (tertiary alicyclic amines) is 1. The van der Waals surface area contributed by atoms with Crippen LogP contribution in [0.3, 0.4) is 0 Å². The maximum Gasteiger partial charge on any atom is 0.264 e. The molecule has 3 aliphatic rings. The first-order valence-corrected chi connectivity index (χ1v) is 20.6. The molecule has 8 rings (SSSR count). The molecule has 0 radical (unpaired) electrons. The van der Waals surface area contributed by atoms with Crippen molar-refractivity contribution in [2.24, 2.45) is 7.05 Å². The van der Waals surface area contributed by atoms with E-state index in [4.69, 9.17) is 4.74 Å². The molecule has 0 saturated carbocycles. The van der Waals surface area contributed by atoms with Crippen LogP contribution in [0.1, 0.15) is 87.3 Å². The number of anilines is 2. The second-order valence-corrected chi connectivity index (χ2v) is 16.2. The van der Waals surface area contributed by atoms with Crippen LogP contribution >= 0.6 is 0 Å². The fourth-order valence-electron chi connectivity index (χ4n) is 8.89. The molecule has 0 bridgehead atoms. The molecule has 0 unspecified atom stereocenters. The van der Waals surface area contributed by atoms with Gasteiger partial charge in [0, 0.05) is 60.9 Å². The Morgan fingerprint density at radius 3 is 2.40 bits per heavy atom. The molecule has 58 heavy (non-hydrogen) atoms. The molecule has 0 aliphatic carbocycles. The number of nitrogens with zero attached hydrogens (tertiary/aromatic N) is 5. The summed E-state index contributed by atoms with van der Waals surface area (Å²) in [6, 6.07) is 28.5. The third kappa shape index (κ3) is 7.72. The Bertz CT molecular complexity index is 2390. The standard InChI is InChI=1S/C48H52N6O4/c1-31(2)58-46-17-14-39(23-36(46)27-49)54(38-12-15-41(55)16-13-38)48(57)42-26-45(51(4)32(42)3)43-24-34-18-19-50-28-37(34)25-44(43)47(56)53-29-35-11-7-6-10-33(35)22-40(53)30-52-20-8-5-9-21-52/h6-7,10-17,23-26,31,40,50,55H,5,8-9,18-22,28-30H2,1-4H3/t40-/m0/s1. The van der Waals surface area contributed by atoms with Crippen LogP contribution in [0, 0.1) is 18.3 Å². The summed E-state index contributed by atoms with van der Waals surface area (Å²) in [6.07, 6.45) is 5.15. The Morgan fingerprint density at radius 1 is 0.914 bits per heavy atom.